The zero-order valence-electron chi connectivity index (χ0n) is 17.5. The number of nitrogens with one attached hydrogen (secondary N) is 2. The highest BCUT2D eigenvalue weighted by Crippen LogP contribution is 2.33. The fourth-order valence-electron chi connectivity index (χ4n) is 4.47. The van der Waals surface area contributed by atoms with Crippen LogP contribution < -0.4 is 11.1 Å². The number of imide groups is 1. The van der Waals surface area contributed by atoms with Crippen molar-refractivity contribution in [1.29, 1.82) is 0 Å². The molecule has 2 saturated heterocycles. The first-order valence-electron chi connectivity index (χ1n) is 10.6. The van der Waals surface area contributed by atoms with Crippen molar-refractivity contribution in [3.63, 3.8) is 0 Å². The molecule has 4 atom stereocenters. The number of β-lactam (4-membered cyclic amide) rings is 1. The van der Waals surface area contributed by atoms with Crippen LogP contribution in [0.3, 0.4) is 0 Å². The van der Waals surface area contributed by atoms with Gasteiger partial charge >= 0.3 is 17.8 Å². The topological polar surface area (TPSA) is 144 Å². The highest BCUT2D eigenvalue weighted by Gasteiger charge is 2.62. The molecule has 3 amide bonds. The van der Waals surface area contributed by atoms with Crippen LogP contribution in [0, 0.1) is 0 Å². The third-order valence-corrected chi connectivity index (χ3v) is 6.14. The first kappa shape index (κ1) is 21.8. The summed E-state index contributed by atoms with van der Waals surface area (Å²) in [6, 6.07) is 6.33. The van der Waals surface area contributed by atoms with Crippen molar-refractivity contribution < 1.29 is 28.4 Å². The third kappa shape index (κ3) is 4.06. The summed E-state index contributed by atoms with van der Waals surface area (Å²) in [7, 11) is 0. The molecule has 1 unspecified atom stereocenters. The predicted octanol–water partition coefficient (Wildman–Crippen LogP) is -0.0562. The first-order valence-corrected chi connectivity index (χ1v) is 10.6. The van der Waals surface area contributed by atoms with Gasteiger partial charge in [0, 0.05) is 31.2 Å². The summed E-state index contributed by atoms with van der Waals surface area (Å²) in [4.78, 5) is 58.5. The smallest absolute Gasteiger partial charge is 0.366 e. The monoisotopic (exact) mass is 440 g/mol. The van der Waals surface area contributed by atoms with E-state index < -0.39 is 40.4 Å². The highest BCUT2D eigenvalue weighted by molar-refractivity contribution is 6.00. The number of imidazole rings is 1. The minimum absolute atomic E-state index is 0.00627. The number of nitrogens with zero attached hydrogens (tertiary/aromatic N) is 2. The van der Waals surface area contributed by atoms with Crippen LogP contribution >= 0.6 is 0 Å². The number of H-pyrrole nitrogens is 1. The number of nitrogens with two attached hydrogens (primary N) is 1. The van der Waals surface area contributed by atoms with E-state index in [1.54, 1.807) is 6.20 Å². The van der Waals surface area contributed by atoms with E-state index >= 15 is 0 Å². The Morgan fingerprint density at radius 2 is 2.00 bits per heavy atom. The molecule has 0 saturated carbocycles. The standard InChI is InChI=1S/C22H25N5O5/c23-16(9-15-11-24-13-25-15)20(29)27(21(30)17-10-19(28)26-17)8-4-7-18(27)22(31)32-12-14-5-2-1-3-6-14/h1-3,5-6,11,13,16-18H,4,7-10,12,23H2,(H-,24,25,26,28)/p+1/t16-,17-,18-,27?/m0/s1. The first-order chi connectivity index (χ1) is 15.4. The minimum Gasteiger partial charge on any atom is -0.456 e. The van der Waals surface area contributed by atoms with Crippen LogP contribution in [-0.2, 0) is 36.9 Å². The lowest BCUT2D eigenvalue weighted by molar-refractivity contribution is -0.784. The van der Waals surface area contributed by atoms with Crippen LogP contribution in [0.4, 0.5) is 0 Å². The molecule has 10 nitrogen and oxygen atoms in total. The largest absolute Gasteiger partial charge is 0.456 e. The maximum Gasteiger partial charge on any atom is 0.366 e. The average molecular weight is 440 g/mol. The Balaban J connectivity index is 1.58. The minimum atomic E-state index is -1.03. The summed E-state index contributed by atoms with van der Waals surface area (Å²) >= 11 is 0. The quantitative estimate of drug-likeness (QED) is 0.311. The van der Waals surface area contributed by atoms with Gasteiger partial charge in [0.25, 0.3) is 0 Å². The Bertz CT molecular complexity index is 1000. The number of esters is 1. The van der Waals surface area contributed by atoms with Gasteiger partial charge in [-0.25, -0.2) is 19.4 Å². The van der Waals surface area contributed by atoms with E-state index in [0.717, 1.165) is 5.56 Å². The molecule has 4 N–H and O–H groups in total. The molecule has 168 valence electrons. The van der Waals surface area contributed by atoms with Crippen molar-refractivity contribution in [1.82, 2.24) is 15.3 Å². The molecular formula is C22H26N5O5+. The number of rotatable bonds is 7. The van der Waals surface area contributed by atoms with Gasteiger partial charge in [0.2, 0.25) is 11.9 Å². The fraction of sp³-hybridized carbons (Fsp3) is 0.409. The van der Waals surface area contributed by atoms with Crippen LogP contribution in [0.15, 0.2) is 42.9 Å². The van der Waals surface area contributed by atoms with Gasteiger partial charge in [-0.05, 0) is 5.56 Å². The van der Waals surface area contributed by atoms with Gasteiger partial charge in [-0.3, -0.25) is 4.79 Å². The van der Waals surface area contributed by atoms with Crippen LogP contribution in [0.2, 0.25) is 0 Å². The van der Waals surface area contributed by atoms with Crippen molar-refractivity contribution in [2.24, 2.45) is 5.73 Å². The Labute approximate surface area is 184 Å². The Kier molecular flexibility index (Phi) is 6.15. The molecule has 0 aliphatic carbocycles. The van der Waals surface area contributed by atoms with Gasteiger partial charge in [0.05, 0.1) is 19.3 Å². The molecule has 2 aliphatic rings. The molecular weight excluding hydrogens is 414 g/mol. The van der Waals surface area contributed by atoms with Gasteiger partial charge in [0.1, 0.15) is 12.6 Å². The number of likely N-dealkylation sites (tertiary alicyclic amines) is 1. The van der Waals surface area contributed by atoms with Crippen LogP contribution in [-0.4, -0.2) is 62.8 Å². The Morgan fingerprint density at radius 3 is 2.66 bits per heavy atom. The van der Waals surface area contributed by atoms with Gasteiger partial charge in [-0.15, -0.1) is 0 Å². The molecule has 0 bridgehead atoms. The predicted molar refractivity (Wildman–Crippen MR) is 111 cm³/mol. The normalized spacial score (nSPS) is 25.5. The zero-order valence-corrected chi connectivity index (χ0v) is 17.5. The van der Waals surface area contributed by atoms with E-state index in [1.165, 1.54) is 6.33 Å². The summed E-state index contributed by atoms with van der Waals surface area (Å²) in [5.74, 6) is -1.94. The summed E-state index contributed by atoms with van der Waals surface area (Å²) < 4.78 is 4.77. The number of aromatic nitrogens is 2. The number of quaternary nitrogens is 1. The van der Waals surface area contributed by atoms with E-state index in [-0.39, 0.29) is 31.9 Å². The highest BCUT2D eigenvalue weighted by atomic mass is 16.5. The fourth-order valence-corrected chi connectivity index (χ4v) is 4.47. The number of carbonyl (C=O) groups excluding carboxylic acids is 4. The van der Waals surface area contributed by atoms with Gasteiger partial charge < -0.3 is 20.8 Å². The molecule has 32 heavy (non-hydrogen) atoms. The number of amides is 3. The molecule has 2 fully saturated rings. The zero-order chi connectivity index (χ0) is 22.7. The lowest BCUT2D eigenvalue weighted by Gasteiger charge is -2.39. The Hall–Kier alpha value is -3.37. The summed E-state index contributed by atoms with van der Waals surface area (Å²) in [6.07, 6.45) is 3.98. The second-order valence-corrected chi connectivity index (χ2v) is 8.23. The Morgan fingerprint density at radius 1 is 1.25 bits per heavy atom. The van der Waals surface area contributed by atoms with E-state index in [0.29, 0.717) is 18.5 Å². The number of ether oxygens (including phenoxy) is 1. The molecule has 2 aliphatic heterocycles. The van der Waals surface area contributed by atoms with E-state index in [2.05, 4.69) is 15.3 Å². The van der Waals surface area contributed by atoms with Crippen molar-refractivity contribution in [3.05, 3.63) is 54.1 Å². The number of benzene rings is 1. The second-order valence-electron chi connectivity index (χ2n) is 8.23. The number of hydrogen-bond donors (Lipinski definition) is 3. The molecule has 0 spiro atoms. The van der Waals surface area contributed by atoms with Gasteiger partial charge in [-0.1, -0.05) is 30.3 Å². The van der Waals surface area contributed by atoms with Crippen LogP contribution in [0.1, 0.15) is 30.5 Å². The van der Waals surface area contributed by atoms with Crippen LogP contribution in [0.5, 0.6) is 0 Å². The van der Waals surface area contributed by atoms with Crippen LogP contribution in [0.25, 0.3) is 0 Å². The molecule has 10 heteroatoms. The second kappa shape index (κ2) is 9.01. The molecule has 4 rings (SSSR count). The SMILES string of the molecule is N[C@@H](Cc1cnc[nH]1)C(=O)[N+]1(C(=O)[C@@H]2CC(=O)N2)CCC[C@H]1C(=O)OCc1ccccc1. The molecule has 2 aromatic rings. The maximum absolute atomic E-state index is 13.6. The maximum atomic E-state index is 13.6. The molecule has 0 radical (unpaired) electrons. The third-order valence-electron chi connectivity index (χ3n) is 6.14. The van der Waals surface area contributed by atoms with Crippen molar-refractivity contribution in [2.45, 2.75) is 50.4 Å². The molecule has 3 heterocycles. The van der Waals surface area contributed by atoms with Gasteiger partial charge in [-0.2, -0.15) is 4.48 Å². The summed E-state index contributed by atoms with van der Waals surface area (Å²) in [5.41, 5.74) is 7.67. The lowest BCUT2D eigenvalue weighted by atomic mass is 9.99. The van der Waals surface area contributed by atoms with E-state index in [4.69, 9.17) is 10.5 Å². The number of hydrogen-bond acceptors (Lipinski definition) is 7. The van der Waals surface area contributed by atoms with Gasteiger partial charge in [0.15, 0.2) is 6.04 Å². The van der Waals surface area contributed by atoms with E-state index in [1.807, 2.05) is 30.3 Å². The molecule has 1 aromatic carbocycles. The average Bonchev–Trinajstić information content (AvgIpc) is 3.45. The van der Waals surface area contributed by atoms with E-state index in [9.17, 15) is 19.2 Å². The summed E-state index contributed by atoms with van der Waals surface area (Å²) in [5, 5.41) is 2.54. The van der Waals surface area contributed by atoms with Crippen molar-refractivity contribution in [2.75, 3.05) is 6.54 Å². The van der Waals surface area contributed by atoms with Crippen molar-refractivity contribution >= 4 is 23.7 Å². The molecule has 1 aromatic heterocycles. The number of carbonyl (C=O) groups is 4. The van der Waals surface area contributed by atoms with Crippen molar-refractivity contribution in [3.8, 4) is 0 Å². The lowest BCUT2D eigenvalue weighted by Crippen LogP contribution is -2.72. The summed E-state index contributed by atoms with van der Waals surface area (Å²) in [6.45, 7) is 0.185. The number of aromatic amines is 1.